The summed E-state index contributed by atoms with van der Waals surface area (Å²) in [4.78, 5) is 10.4. The Labute approximate surface area is 224 Å². The van der Waals surface area contributed by atoms with Gasteiger partial charge in [-0.2, -0.15) is 0 Å². The van der Waals surface area contributed by atoms with Gasteiger partial charge in [-0.3, -0.25) is 0 Å². The van der Waals surface area contributed by atoms with Gasteiger partial charge in [0, 0.05) is 26.3 Å². The third-order valence-electron chi connectivity index (χ3n) is 6.81. The highest BCUT2D eigenvalue weighted by Gasteiger charge is 2.53. The average Bonchev–Trinajstić information content (AvgIpc) is 3.21. The molecule has 1 aliphatic carbocycles. The van der Waals surface area contributed by atoms with E-state index in [-0.39, 0.29) is 12.8 Å². The molecule has 0 aromatic rings. The second-order valence-corrected chi connectivity index (χ2v) is 9.14. The molecule has 1 saturated carbocycles. The third kappa shape index (κ3) is 6.76. The maximum absolute atomic E-state index is 11.0. The second kappa shape index (κ2) is 14.5. The lowest BCUT2D eigenvalue weighted by Crippen LogP contribution is -2.60. The predicted octanol–water partition coefficient (Wildman–Crippen LogP) is -0.856. The van der Waals surface area contributed by atoms with E-state index in [0.717, 1.165) is 0 Å². The minimum atomic E-state index is -1.72. The van der Waals surface area contributed by atoms with Crippen LogP contribution in [0.3, 0.4) is 0 Å². The molecule has 0 spiro atoms. The van der Waals surface area contributed by atoms with Crippen molar-refractivity contribution in [2.75, 3.05) is 13.2 Å². The van der Waals surface area contributed by atoms with Crippen molar-refractivity contribution in [3.8, 4) is 0 Å². The van der Waals surface area contributed by atoms with Crippen LogP contribution in [0.5, 0.6) is 0 Å². The minimum Gasteiger partial charge on any atom is -0.396 e. The van der Waals surface area contributed by atoms with Gasteiger partial charge in [-0.05, 0) is 35.0 Å². The number of rotatable bonds is 11. The van der Waals surface area contributed by atoms with Crippen LogP contribution in [0.15, 0.2) is 20.5 Å². The van der Waals surface area contributed by atoms with Crippen molar-refractivity contribution in [1.82, 2.24) is 0 Å². The van der Waals surface area contributed by atoms with Crippen LogP contribution >= 0.6 is 0 Å². The summed E-state index contributed by atoms with van der Waals surface area (Å²) in [5, 5.41) is 76.2. The first-order valence-electron chi connectivity index (χ1n) is 12.0. The standard InChI is InChI=1S/C18H28N12O10/c19-27-23-4-8-12(34)13(35)9(26-30-22)17(38-8)39-15-7(1-2-31)37-18(14(15)36)40-16-10(32)5(24-28-20)3-6(11(16)33)25-29-21/h5-18,31-36H,1-4H2/t5?,6?,7-,8+,9?,10-,11+,12-,13-,14-,15-,16+,17-,18+/m1/s1. The molecule has 0 radical (unpaired) electrons. The first kappa shape index (κ1) is 31.4. The van der Waals surface area contributed by atoms with Crippen LogP contribution in [0.4, 0.5) is 0 Å². The summed E-state index contributed by atoms with van der Waals surface area (Å²) in [5.74, 6) is 0. The van der Waals surface area contributed by atoms with Crippen LogP contribution in [-0.2, 0) is 18.9 Å². The maximum Gasteiger partial charge on any atom is 0.187 e. The lowest BCUT2D eigenvalue weighted by atomic mass is 9.84. The van der Waals surface area contributed by atoms with Gasteiger partial charge in [-0.15, -0.1) is 0 Å². The van der Waals surface area contributed by atoms with E-state index >= 15 is 0 Å². The van der Waals surface area contributed by atoms with Crippen LogP contribution in [0.25, 0.3) is 41.8 Å². The largest absolute Gasteiger partial charge is 0.396 e. The monoisotopic (exact) mass is 572 g/mol. The number of ether oxygens (including phenoxy) is 4. The molecule has 22 heteroatoms. The molecule has 40 heavy (non-hydrogen) atoms. The third-order valence-corrected chi connectivity index (χ3v) is 6.81. The van der Waals surface area contributed by atoms with Crippen LogP contribution < -0.4 is 0 Å². The molecule has 22 nitrogen and oxygen atoms in total. The van der Waals surface area contributed by atoms with Gasteiger partial charge in [0.2, 0.25) is 0 Å². The Balaban J connectivity index is 1.84. The summed E-state index contributed by atoms with van der Waals surface area (Å²) in [5.41, 5.74) is 35.2. The fraction of sp³-hybridized carbons (Fsp3) is 1.00. The smallest absolute Gasteiger partial charge is 0.187 e. The number of aliphatic hydroxyl groups excluding tert-OH is 6. The number of aliphatic hydroxyl groups is 6. The first-order chi connectivity index (χ1) is 19.2. The molecule has 220 valence electrons. The van der Waals surface area contributed by atoms with Gasteiger partial charge in [-0.1, -0.05) is 20.5 Å². The lowest BCUT2D eigenvalue weighted by molar-refractivity contribution is -0.280. The Kier molecular flexibility index (Phi) is 11.3. The molecule has 0 amide bonds. The van der Waals surface area contributed by atoms with E-state index in [1.807, 2.05) is 0 Å². The Hall–Kier alpha value is -3.16. The SMILES string of the molecule is [N-]=[N+]=NC[C@@H]1O[C@H](O[C@H]2[C@@H](O)[C@H](O[C@H]3[C@H](O)C(N=[N+]=[N-])CC(N=[N+]=[N-])[C@@H]3O)O[C@@H]2CCO)C(N=[N+]=[N-])[C@@H](O)[C@@H]1O. The number of hydrogen-bond acceptors (Lipinski definition) is 14. The molecular formula is C18H28N12O10. The van der Waals surface area contributed by atoms with Crippen molar-refractivity contribution in [2.24, 2.45) is 20.5 Å². The van der Waals surface area contributed by atoms with Crippen molar-refractivity contribution in [1.29, 1.82) is 0 Å². The fourth-order valence-electron chi connectivity index (χ4n) is 4.82. The van der Waals surface area contributed by atoms with Crippen LogP contribution in [0, 0.1) is 0 Å². The van der Waals surface area contributed by atoms with Gasteiger partial charge in [0.05, 0.1) is 49.1 Å². The van der Waals surface area contributed by atoms with Crippen molar-refractivity contribution in [3.05, 3.63) is 41.8 Å². The zero-order valence-corrected chi connectivity index (χ0v) is 20.6. The number of hydrogen-bond donors (Lipinski definition) is 6. The van der Waals surface area contributed by atoms with E-state index in [9.17, 15) is 30.6 Å². The number of nitrogens with zero attached hydrogens (tertiary/aromatic N) is 12. The summed E-state index contributed by atoms with van der Waals surface area (Å²) < 4.78 is 22.7. The highest BCUT2D eigenvalue weighted by atomic mass is 16.7. The number of azide groups is 4. The molecule has 2 aliphatic heterocycles. The quantitative estimate of drug-likeness (QED) is 0.101. The Bertz CT molecular complexity index is 1030. The lowest BCUT2D eigenvalue weighted by Gasteiger charge is -2.42. The first-order valence-corrected chi connectivity index (χ1v) is 12.0. The van der Waals surface area contributed by atoms with Gasteiger partial charge < -0.3 is 49.6 Å². The van der Waals surface area contributed by atoms with Gasteiger partial charge in [-0.25, -0.2) is 0 Å². The van der Waals surface area contributed by atoms with Crippen LogP contribution in [0.2, 0.25) is 0 Å². The zero-order valence-electron chi connectivity index (χ0n) is 20.6. The fourth-order valence-corrected chi connectivity index (χ4v) is 4.82. The molecule has 14 atom stereocenters. The van der Waals surface area contributed by atoms with E-state index in [2.05, 4.69) is 40.1 Å². The van der Waals surface area contributed by atoms with E-state index in [1.165, 1.54) is 0 Å². The highest BCUT2D eigenvalue weighted by Crippen LogP contribution is 2.35. The molecular weight excluding hydrogens is 544 g/mol. The van der Waals surface area contributed by atoms with E-state index < -0.39 is 98.8 Å². The van der Waals surface area contributed by atoms with Gasteiger partial charge in [0.1, 0.15) is 30.5 Å². The van der Waals surface area contributed by atoms with Crippen LogP contribution in [-0.4, -0.2) is 129 Å². The van der Waals surface area contributed by atoms with Gasteiger partial charge in [0.25, 0.3) is 0 Å². The van der Waals surface area contributed by atoms with E-state index in [1.54, 1.807) is 0 Å². The van der Waals surface area contributed by atoms with E-state index in [4.69, 9.17) is 41.1 Å². The van der Waals surface area contributed by atoms with Crippen LogP contribution in [0.1, 0.15) is 12.8 Å². The minimum absolute atomic E-state index is 0.133. The molecule has 3 fully saturated rings. The average molecular weight is 572 g/mol. The summed E-state index contributed by atoms with van der Waals surface area (Å²) in [7, 11) is 0. The molecule has 2 heterocycles. The summed E-state index contributed by atoms with van der Waals surface area (Å²) in [6, 6.07) is -3.84. The highest BCUT2D eigenvalue weighted by molar-refractivity contribution is 5.02. The zero-order chi connectivity index (χ0) is 29.4. The van der Waals surface area contributed by atoms with Gasteiger partial charge >= 0.3 is 0 Å². The second-order valence-electron chi connectivity index (χ2n) is 9.14. The maximum atomic E-state index is 11.0. The van der Waals surface area contributed by atoms with E-state index in [0.29, 0.717) is 0 Å². The molecule has 0 aromatic carbocycles. The Morgan fingerprint density at radius 3 is 1.80 bits per heavy atom. The molecule has 0 bridgehead atoms. The Morgan fingerprint density at radius 1 is 0.675 bits per heavy atom. The topological polar surface area (TPSA) is 353 Å². The van der Waals surface area contributed by atoms with Crippen molar-refractivity contribution in [3.63, 3.8) is 0 Å². The molecule has 3 rings (SSSR count). The summed E-state index contributed by atoms with van der Waals surface area (Å²) in [6.07, 6.45) is -17.2. The predicted molar refractivity (Wildman–Crippen MR) is 126 cm³/mol. The molecule has 3 unspecified atom stereocenters. The summed E-state index contributed by atoms with van der Waals surface area (Å²) in [6.45, 7) is -0.883. The van der Waals surface area contributed by atoms with Gasteiger partial charge in [0.15, 0.2) is 12.6 Å². The summed E-state index contributed by atoms with van der Waals surface area (Å²) >= 11 is 0. The van der Waals surface area contributed by atoms with Crippen molar-refractivity contribution >= 4 is 0 Å². The molecule has 2 saturated heterocycles. The van der Waals surface area contributed by atoms with Crippen molar-refractivity contribution < 1.29 is 49.6 Å². The normalized spacial score (nSPS) is 43.0. The molecule has 0 aromatic heterocycles. The molecule has 6 N–H and O–H groups in total. The Morgan fingerprint density at radius 2 is 1.25 bits per heavy atom. The van der Waals surface area contributed by atoms with Crippen molar-refractivity contribution in [2.45, 2.75) is 98.5 Å². The molecule has 3 aliphatic rings.